The molecule has 2 nitrogen and oxygen atoms in total. The highest BCUT2D eigenvalue weighted by molar-refractivity contribution is 7.14. The zero-order valence-electron chi connectivity index (χ0n) is 16.8. The van der Waals surface area contributed by atoms with Crippen molar-refractivity contribution < 1.29 is 9.84 Å². The molecule has 0 spiro atoms. The fraction of sp³-hybridized carbons (Fsp3) is 0.667. The zero-order chi connectivity index (χ0) is 18.8. The largest absolute Gasteiger partial charge is 0.487 e. The van der Waals surface area contributed by atoms with Crippen molar-refractivity contribution in [3.05, 3.63) is 34.7 Å². The highest BCUT2D eigenvalue weighted by Gasteiger charge is 2.56. The Morgan fingerprint density at radius 1 is 1.04 bits per heavy atom. The maximum Gasteiger partial charge on any atom is 0.173 e. The highest BCUT2D eigenvalue weighted by Crippen LogP contribution is 2.66. The van der Waals surface area contributed by atoms with Crippen molar-refractivity contribution in [3.63, 3.8) is 0 Å². The van der Waals surface area contributed by atoms with E-state index in [4.69, 9.17) is 4.74 Å². The van der Waals surface area contributed by atoms with Gasteiger partial charge in [-0.3, -0.25) is 0 Å². The van der Waals surface area contributed by atoms with Crippen molar-refractivity contribution in [1.29, 1.82) is 0 Å². The van der Waals surface area contributed by atoms with E-state index in [1.54, 1.807) is 29.6 Å². The van der Waals surface area contributed by atoms with Crippen molar-refractivity contribution in [2.45, 2.75) is 64.9 Å². The molecule has 2 saturated carbocycles. The van der Waals surface area contributed by atoms with Gasteiger partial charge in [0.1, 0.15) is 0 Å². The van der Waals surface area contributed by atoms with Crippen LogP contribution in [-0.2, 0) is 0 Å². The summed E-state index contributed by atoms with van der Waals surface area (Å²) < 4.78 is 5.45. The molecule has 6 atom stereocenters. The average Bonchev–Trinajstić information content (AvgIpc) is 3.25. The molecule has 1 aromatic heterocycles. The third-order valence-corrected chi connectivity index (χ3v) is 9.79. The normalized spacial score (nSPS) is 43.3. The SMILES string of the molecule is COc1ccc(C2=CCC3C4CC=C5CC(O)CCC5(C)C4CCC23C)s1. The zero-order valence-corrected chi connectivity index (χ0v) is 17.6. The van der Waals surface area contributed by atoms with E-state index in [1.165, 1.54) is 37.0 Å². The first kappa shape index (κ1) is 18.0. The molecule has 6 unspecified atom stereocenters. The molecular weight excluding hydrogens is 352 g/mol. The maximum absolute atomic E-state index is 10.2. The summed E-state index contributed by atoms with van der Waals surface area (Å²) in [6.07, 6.45) is 13.1. The van der Waals surface area contributed by atoms with E-state index in [-0.39, 0.29) is 6.10 Å². The summed E-state index contributed by atoms with van der Waals surface area (Å²) in [7, 11) is 1.77. The third-order valence-electron chi connectivity index (χ3n) is 8.71. The number of fused-ring (bicyclic) bond motifs is 5. The van der Waals surface area contributed by atoms with Crippen molar-refractivity contribution >= 4 is 16.9 Å². The van der Waals surface area contributed by atoms with E-state index in [2.05, 4.69) is 38.1 Å². The van der Waals surface area contributed by atoms with Crippen LogP contribution in [0, 0.1) is 28.6 Å². The minimum atomic E-state index is -0.108. The van der Waals surface area contributed by atoms with E-state index >= 15 is 0 Å². The molecule has 2 fully saturated rings. The van der Waals surface area contributed by atoms with Crippen molar-refractivity contribution in [1.82, 2.24) is 0 Å². The van der Waals surface area contributed by atoms with Crippen LogP contribution in [-0.4, -0.2) is 18.3 Å². The predicted molar refractivity (Wildman–Crippen MR) is 112 cm³/mol. The van der Waals surface area contributed by atoms with Gasteiger partial charge in [-0.05, 0) is 91.2 Å². The molecule has 1 heterocycles. The van der Waals surface area contributed by atoms with Gasteiger partial charge >= 0.3 is 0 Å². The smallest absolute Gasteiger partial charge is 0.173 e. The van der Waals surface area contributed by atoms with E-state index < -0.39 is 0 Å². The summed E-state index contributed by atoms with van der Waals surface area (Å²) in [6, 6.07) is 4.38. The van der Waals surface area contributed by atoms with Crippen LogP contribution >= 0.6 is 11.3 Å². The Bertz CT molecular complexity index is 805. The lowest BCUT2D eigenvalue weighted by molar-refractivity contribution is -0.0237. The van der Waals surface area contributed by atoms with Gasteiger partial charge in [-0.15, -0.1) is 0 Å². The summed E-state index contributed by atoms with van der Waals surface area (Å²) in [5.74, 6) is 2.36. The first-order chi connectivity index (χ1) is 13.0. The maximum atomic E-state index is 10.2. The number of rotatable bonds is 2. The second kappa shape index (κ2) is 6.22. The Kier molecular flexibility index (Phi) is 4.15. The monoisotopic (exact) mass is 384 g/mol. The minimum Gasteiger partial charge on any atom is -0.487 e. The Labute approximate surface area is 167 Å². The van der Waals surface area contributed by atoms with Crippen molar-refractivity contribution in [3.8, 4) is 5.06 Å². The summed E-state index contributed by atoms with van der Waals surface area (Å²) in [5, 5.41) is 11.2. The molecule has 0 radical (unpaired) electrons. The average molecular weight is 385 g/mol. The van der Waals surface area contributed by atoms with Gasteiger partial charge in [0.15, 0.2) is 5.06 Å². The molecule has 4 aliphatic rings. The number of hydrogen-bond donors (Lipinski definition) is 1. The van der Waals surface area contributed by atoms with Gasteiger partial charge in [0.25, 0.3) is 0 Å². The quantitative estimate of drug-likeness (QED) is 0.627. The minimum absolute atomic E-state index is 0.108. The van der Waals surface area contributed by atoms with E-state index in [1.807, 2.05) is 0 Å². The molecule has 27 heavy (non-hydrogen) atoms. The van der Waals surface area contributed by atoms with Crippen LogP contribution in [0.3, 0.4) is 0 Å². The molecule has 1 N–H and O–H groups in total. The molecule has 0 bridgehead atoms. The van der Waals surface area contributed by atoms with Crippen molar-refractivity contribution in [2.24, 2.45) is 28.6 Å². The molecular formula is C24H32O2S. The van der Waals surface area contributed by atoms with Crippen LogP contribution in [0.2, 0.25) is 0 Å². The lowest BCUT2D eigenvalue weighted by atomic mass is 9.47. The second-order valence-corrected chi connectivity index (χ2v) is 10.8. The fourth-order valence-corrected chi connectivity index (χ4v) is 8.16. The number of aliphatic hydroxyl groups excluding tert-OH is 1. The van der Waals surface area contributed by atoms with Crippen LogP contribution in [0.1, 0.15) is 63.7 Å². The fourth-order valence-electron chi connectivity index (χ4n) is 7.17. The third kappa shape index (κ3) is 2.54. The summed E-state index contributed by atoms with van der Waals surface area (Å²) >= 11 is 1.80. The predicted octanol–water partition coefficient (Wildman–Crippen LogP) is 6.07. The van der Waals surface area contributed by atoms with Gasteiger partial charge in [-0.2, -0.15) is 0 Å². The molecule has 5 rings (SSSR count). The van der Waals surface area contributed by atoms with Gasteiger partial charge in [-0.25, -0.2) is 0 Å². The summed E-state index contributed by atoms with van der Waals surface area (Å²) in [6.45, 7) is 5.04. The van der Waals surface area contributed by atoms with Crippen molar-refractivity contribution in [2.75, 3.05) is 7.11 Å². The first-order valence-corrected chi connectivity index (χ1v) is 11.5. The van der Waals surface area contributed by atoms with Gasteiger partial charge in [0.2, 0.25) is 0 Å². The number of aliphatic hydroxyl groups is 1. The van der Waals surface area contributed by atoms with Crippen LogP contribution in [0.4, 0.5) is 0 Å². The number of ether oxygens (including phenoxy) is 1. The standard InChI is InChI=1S/C24H32O2S/c1-23-12-10-16(25)14-15(23)4-5-17-18-6-7-20(21-8-9-22(26-3)27-21)24(18,2)13-11-19(17)23/h4,7-9,16-19,25H,5-6,10-14H2,1-3H3. The Balaban J connectivity index is 1.45. The van der Waals surface area contributed by atoms with Crippen LogP contribution in [0.15, 0.2) is 29.9 Å². The summed E-state index contributed by atoms with van der Waals surface area (Å²) in [5.41, 5.74) is 3.80. The van der Waals surface area contributed by atoms with E-state index in [0.717, 1.165) is 35.7 Å². The highest BCUT2D eigenvalue weighted by atomic mass is 32.1. The molecule has 0 amide bonds. The summed E-state index contributed by atoms with van der Waals surface area (Å²) in [4.78, 5) is 1.41. The lowest BCUT2D eigenvalue weighted by Crippen LogP contribution is -2.49. The molecule has 4 aliphatic carbocycles. The molecule has 0 aromatic carbocycles. The first-order valence-electron chi connectivity index (χ1n) is 10.7. The number of allylic oxidation sites excluding steroid dienone is 3. The number of methoxy groups -OCH3 is 1. The van der Waals surface area contributed by atoms with Gasteiger partial charge in [0.05, 0.1) is 13.2 Å². The molecule has 3 heteroatoms. The topological polar surface area (TPSA) is 29.5 Å². The van der Waals surface area contributed by atoms with Crippen LogP contribution in [0.25, 0.3) is 5.57 Å². The molecule has 0 saturated heterocycles. The molecule has 1 aromatic rings. The number of thiophene rings is 1. The van der Waals surface area contributed by atoms with Gasteiger partial charge < -0.3 is 9.84 Å². The molecule has 146 valence electrons. The Hall–Kier alpha value is -1.06. The Morgan fingerprint density at radius 2 is 1.85 bits per heavy atom. The second-order valence-electron chi connectivity index (χ2n) is 9.79. The lowest BCUT2D eigenvalue weighted by Gasteiger charge is -2.57. The number of hydrogen-bond acceptors (Lipinski definition) is 3. The van der Waals surface area contributed by atoms with E-state index in [9.17, 15) is 5.11 Å². The van der Waals surface area contributed by atoms with Crippen LogP contribution < -0.4 is 4.74 Å². The van der Waals surface area contributed by atoms with E-state index in [0.29, 0.717) is 10.8 Å². The van der Waals surface area contributed by atoms with Gasteiger partial charge in [0, 0.05) is 4.88 Å². The van der Waals surface area contributed by atoms with Crippen LogP contribution in [0.5, 0.6) is 5.06 Å². The Morgan fingerprint density at radius 3 is 2.63 bits per heavy atom. The van der Waals surface area contributed by atoms with Gasteiger partial charge in [-0.1, -0.05) is 42.9 Å². The molecule has 0 aliphatic heterocycles.